The van der Waals surface area contributed by atoms with Gasteiger partial charge < -0.3 is 20.5 Å². The van der Waals surface area contributed by atoms with Crippen LogP contribution in [-0.4, -0.2) is 46.0 Å². The molecule has 6 heteroatoms. The number of ether oxygens (including phenoxy) is 2. The Bertz CT molecular complexity index is 217. The molecule has 0 saturated carbocycles. The summed E-state index contributed by atoms with van der Waals surface area (Å²) in [5.74, 6) is 0.517. The van der Waals surface area contributed by atoms with Gasteiger partial charge in [-0.25, -0.2) is 0 Å². The first-order valence-electron chi connectivity index (χ1n) is 7.41. The number of halogens is 1. The lowest BCUT2D eigenvalue weighted by atomic mass is 10.1. The van der Waals surface area contributed by atoms with E-state index in [1.54, 1.807) is 7.11 Å². The zero-order chi connectivity index (χ0) is 14.2. The van der Waals surface area contributed by atoms with Gasteiger partial charge in [-0.3, -0.25) is 4.99 Å². The summed E-state index contributed by atoms with van der Waals surface area (Å²) in [4.78, 5) is 4.28. The van der Waals surface area contributed by atoms with Crippen LogP contribution in [0.3, 0.4) is 0 Å². The molecule has 0 atom stereocenters. The second-order valence-electron chi connectivity index (χ2n) is 4.57. The summed E-state index contributed by atoms with van der Waals surface area (Å²) in [5.41, 5.74) is 5.74. The van der Waals surface area contributed by atoms with Crippen LogP contribution >= 0.6 is 24.0 Å². The van der Waals surface area contributed by atoms with Gasteiger partial charge >= 0.3 is 0 Å². The monoisotopic (exact) mass is 401 g/mol. The fourth-order valence-electron chi connectivity index (χ4n) is 1.64. The van der Waals surface area contributed by atoms with Crippen molar-refractivity contribution in [1.82, 2.24) is 5.32 Å². The van der Waals surface area contributed by atoms with Crippen molar-refractivity contribution in [2.45, 2.75) is 45.4 Å². The smallest absolute Gasteiger partial charge is 0.188 e. The maximum absolute atomic E-state index is 5.74. The van der Waals surface area contributed by atoms with E-state index in [4.69, 9.17) is 15.2 Å². The fourth-order valence-corrected chi connectivity index (χ4v) is 1.64. The standard InChI is InChI=1S/C14H31N3O2.HI/c1-3-4-5-6-7-8-9-16-14(15)17-10-11-19-13-12-18-2;/h3-13H2,1-2H3,(H3,15,16,17);1H. The lowest BCUT2D eigenvalue weighted by Crippen LogP contribution is -2.34. The summed E-state index contributed by atoms with van der Waals surface area (Å²) >= 11 is 0. The SMILES string of the molecule is CCCCCCCCN=C(N)NCCOCCOC.I. The Morgan fingerprint density at radius 2 is 1.75 bits per heavy atom. The molecule has 20 heavy (non-hydrogen) atoms. The number of methoxy groups -OCH3 is 1. The number of aliphatic imine (C=N–C) groups is 1. The van der Waals surface area contributed by atoms with Crippen molar-refractivity contribution >= 4 is 29.9 Å². The van der Waals surface area contributed by atoms with Gasteiger partial charge in [0.05, 0.1) is 19.8 Å². The fraction of sp³-hybridized carbons (Fsp3) is 0.929. The first kappa shape index (κ1) is 22.2. The Hall–Kier alpha value is -0.0800. The average molecular weight is 401 g/mol. The molecule has 3 N–H and O–H groups in total. The molecule has 0 aliphatic heterocycles. The summed E-state index contributed by atoms with van der Waals surface area (Å²) in [5, 5.41) is 3.03. The largest absolute Gasteiger partial charge is 0.382 e. The average Bonchev–Trinajstić information content (AvgIpc) is 2.41. The highest BCUT2D eigenvalue weighted by atomic mass is 127. The summed E-state index contributed by atoms with van der Waals surface area (Å²) in [6, 6.07) is 0. The molecule has 0 aliphatic carbocycles. The van der Waals surface area contributed by atoms with E-state index < -0.39 is 0 Å². The molecule has 0 fully saturated rings. The van der Waals surface area contributed by atoms with Crippen LogP contribution < -0.4 is 11.1 Å². The number of rotatable bonds is 13. The van der Waals surface area contributed by atoms with Crippen LogP contribution in [0.25, 0.3) is 0 Å². The van der Waals surface area contributed by atoms with Crippen LogP contribution in [-0.2, 0) is 9.47 Å². The molecule has 0 bridgehead atoms. The van der Waals surface area contributed by atoms with E-state index in [1.807, 2.05) is 0 Å². The quantitative estimate of drug-likeness (QED) is 0.215. The van der Waals surface area contributed by atoms with Gasteiger partial charge in [0.2, 0.25) is 0 Å². The lowest BCUT2D eigenvalue weighted by Gasteiger charge is -2.06. The Kier molecular flexibility index (Phi) is 21.0. The van der Waals surface area contributed by atoms with Crippen LogP contribution in [0.2, 0.25) is 0 Å². The number of guanidine groups is 1. The molecule has 0 radical (unpaired) electrons. The van der Waals surface area contributed by atoms with Crippen molar-refractivity contribution in [1.29, 1.82) is 0 Å². The highest BCUT2D eigenvalue weighted by Gasteiger charge is 1.93. The Morgan fingerprint density at radius 3 is 2.45 bits per heavy atom. The molecule has 0 aromatic carbocycles. The minimum atomic E-state index is 0. The van der Waals surface area contributed by atoms with Crippen LogP contribution in [0.1, 0.15) is 45.4 Å². The van der Waals surface area contributed by atoms with Gasteiger partial charge in [-0.2, -0.15) is 0 Å². The zero-order valence-electron chi connectivity index (χ0n) is 13.0. The van der Waals surface area contributed by atoms with E-state index in [-0.39, 0.29) is 24.0 Å². The van der Waals surface area contributed by atoms with E-state index in [0.29, 0.717) is 32.3 Å². The number of hydrogen-bond acceptors (Lipinski definition) is 3. The van der Waals surface area contributed by atoms with E-state index >= 15 is 0 Å². The van der Waals surface area contributed by atoms with Crippen molar-refractivity contribution in [3.8, 4) is 0 Å². The Labute approximate surface area is 141 Å². The van der Waals surface area contributed by atoms with Gasteiger partial charge in [-0.15, -0.1) is 24.0 Å². The first-order chi connectivity index (χ1) is 9.31. The maximum Gasteiger partial charge on any atom is 0.188 e. The molecule has 122 valence electrons. The van der Waals surface area contributed by atoms with Crippen LogP contribution in [0, 0.1) is 0 Å². The van der Waals surface area contributed by atoms with Crippen molar-refractivity contribution in [3.05, 3.63) is 0 Å². The number of nitrogens with two attached hydrogens (primary N) is 1. The van der Waals surface area contributed by atoms with E-state index in [0.717, 1.165) is 13.0 Å². The third kappa shape index (κ3) is 17.9. The third-order valence-electron chi connectivity index (χ3n) is 2.78. The van der Waals surface area contributed by atoms with Crippen LogP contribution in [0.15, 0.2) is 4.99 Å². The van der Waals surface area contributed by atoms with Crippen molar-refractivity contribution < 1.29 is 9.47 Å². The van der Waals surface area contributed by atoms with Gasteiger partial charge in [0, 0.05) is 20.2 Å². The van der Waals surface area contributed by atoms with Gasteiger partial charge in [0.25, 0.3) is 0 Å². The molecule has 0 heterocycles. The van der Waals surface area contributed by atoms with E-state index in [1.165, 1.54) is 32.1 Å². The first-order valence-corrected chi connectivity index (χ1v) is 7.41. The third-order valence-corrected chi connectivity index (χ3v) is 2.78. The number of hydrogen-bond donors (Lipinski definition) is 2. The predicted molar refractivity (Wildman–Crippen MR) is 96.0 cm³/mol. The Balaban J connectivity index is 0. The normalized spacial score (nSPS) is 11.2. The van der Waals surface area contributed by atoms with Gasteiger partial charge in [0.1, 0.15) is 0 Å². The van der Waals surface area contributed by atoms with Crippen molar-refractivity contribution in [2.24, 2.45) is 10.7 Å². The second-order valence-corrected chi connectivity index (χ2v) is 4.57. The number of nitrogens with one attached hydrogen (secondary N) is 1. The molecule has 5 nitrogen and oxygen atoms in total. The van der Waals surface area contributed by atoms with Crippen molar-refractivity contribution in [2.75, 3.05) is 40.0 Å². The molecular formula is C14H32IN3O2. The topological polar surface area (TPSA) is 68.9 Å². The molecule has 0 aliphatic rings. The maximum atomic E-state index is 5.74. The second kappa shape index (κ2) is 18.9. The summed E-state index contributed by atoms with van der Waals surface area (Å²) < 4.78 is 10.2. The zero-order valence-corrected chi connectivity index (χ0v) is 15.4. The summed E-state index contributed by atoms with van der Waals surface area (Å²) in [6.45, 7) is 5.60. The molecule has 0 saturated heterocycles. The molecule has 0 aromatic heterocycles. The minimum absolute atomic E-state index is 0. The predicted octanol–water partition coefficient (Wildman–Crippen LogP) is 2.53. The molecule has 0 spiro atoms. The molecule has 0 rings (SSSR count). The van der Waals surface area contributed by atoms with E-state index in [2.05, 4.69) is 17.2 Å². The minimum Gasteiger partial charge on any atom is -0.382 e. The number of unbranched alkanes of at least 4 members (excludes halogenated alkanes) is 5. The van der Waals surface area contributed by atoms with E-state index in [9.17, 15) is 0 Å². The van der Waals surface area contributed by atoms with Gasteiger partial charge in [0.15, 0.2) is 5.96 Å². The number of nitrogens with zero attached hydrogens (tertiary/aromatic N) is 1. The molecular weight excluding hydrogens is 369 g/mol. The lowest BCUT2D eigenvalue weighted by molar-refractivity contribution is 0.0734. The van der Waals surface area contributed by atoms with Gasteiger partial charge in [-0.05, 0) is 6.42 Å². The summed E-state index contributed by atoms with van der Waals surface area (Å²) in [6.07, 6.45) is 7.65. The molecule has 0 aromatic rings. The molecule has 0 amide bonds. The molecule has 0 unspecified atom stereocenters. The Morgan fingerprint density at radius 1 is 1.05 bits per heavy atom. The highest BCUT2D eigenvalue weighted by molar-refractivity contribution is 14.0. The summed E-state index contributed by atoms with van der Waals surface area (Å²) in [7, 11) is 1.66. The van der Waals surface area contributed by atoms with Crippen molar-refractivity contribution in [3.63, 3.8) is 0 Å². The van der Waals surface area contributed by atoms with Crippen LogP contribution in [0.5, 0.6) is 0 Å². The van der Waals surface area contributed by atoms with Crippen LogP contribution in [0.4, 0.5) is 0 Å². The highest BCUT2D eigenvalue weighted by Crippen LogP contribution is 2.04. The van der Waals surface area contributed by atoms with Gasteiger partial charge in [-0.1, -0.05) is 39.0 Å².